The molecule has 0 aromatic heterocycles. The molecule has 0 aliphatic heterocycles. The summed E-state index contributed by atoms with van der Waals surface area (Å²) in [5, 5.41) is 0.323. The molecule has 0 saturated carbocycles. The average Bonchev–Trinajstić information content (AvgIpc) is 2.14. The molecule has 84 valence electrons. The topological polar surface area (TPSA) is 9.23 Å². The molecule has 0 radical (unpaired) electrons. The SMILES string of the molecule is COC(Cc1ccccc1Cl)C(F)(F)F. The van der Waals surface area contributed by atoms with Gasteiger partial charge in [-0.2, -0.15) is 13.2 Å². The number of halogens is 4. The van der Waals surface area contributed by atoms with Crippen molar-refractivity contribution in [2.24, 2.45) is 0 Å². The van der Waals surface area contributed by atoms with E-state index < -0.39 is 12.3 Å². The molecule has 1 nitrogen and oxygen atoms in total. The fourth-order valence-corrected chi connectivity index (χ4v) is 1.41. The number of methoxy groups -OCH3 is 1. The highest BCUT2D eigenvalue weighted by atomic mass is 35.5. The minimum atomic E-state index is -4.37. The van der Waals surface area contributed by atoms with E-state index in [9.17, 15) is 13.2 Å². The Morgan fingerprint density at radius 2 is 1.93 bits per heavy atom. The Labute approximate surface area is 90.8 Å². The molecular weight excluding hydrogens is 229 g/mol. The zero-order valence-electron chi connectivity index (χ0n) is 8.01. The molecule has 0 fully saturated rings. The smallest absolute Gasteiger partial charge is 0.372 e. The molecule has 1 unspecified atom stereocenters. The molecule has 5 heteroatoms. The van der Waals surface area contributed by atoms with Crippen molar-refractivity contribution in [2.75, 3.05) is 7.11 Å². The van der Waals surface area contributed by atoms with Crippen molar-refractivity contribution in [2.45, 2.75) is 18.7 Å². The third-order valence-corrected chi connectivity index (χ3v) is 2.38. The zero-order chi connectivity index (χ0) is 11.5. The van der Waals surface area contributed by atoms with E-state index >= 15 is 0 Å². The van der Waals surface area contributed by atoms with Crippen LogP contribution in [0, 0.1) is 0 Å². The van der Waals surface area contributed by atoms with Gasteiger partial charge in [-0.1, -0.05) is 29.8 Å². The van der Waals surface area contributed by atoms with Crippen LogP contribution in [0.5, 0.6) is 0 Å². The predicted octanol–water partition coefficient (Wildman–Crippen LogP) is 3.46. The van der Waals surface area contributed by atoms with Gasteiger partial charge in [0.2, 0.25) is 0 Å². The highest BCUT2D eigenvalue weighted by Gasteiger charge is 2.40. The van der Waals surface area contributed by atoms with Crippen molar-refractivity contribution in [1.82, 2.24) is 0 Å². The Morgan fingerprint density at radius 3 is 2.40 bits per heavy atom. The summed E-state index contributed by atoms with van der Waals surface area (Å²) in [5.74, 6) is 0. The maximum atomic E-state index is 12.4. The van der Waals surface area contributed by atoms with Crippen LogP contribution >= 0.6 is 11.6 Å². The van der Waals surface area contributed by atoms with Crippen molar-refractivity contribution in [3.05, 3.63) is 34.9 Å². The Morgan fingerprint density at radius 1 is 1.33 bits per heavy atom. The van der Waals surface area contributed by atoms with Crippen molar-refractivity contribution < 1.29 is 17.9 Å². The number of alkyl halides is 3. The van der Waals surface area contributed by atoms with E-state index in [1.807, 2.05) is 0 Å². The van der Waals surface area contributed by atoms with Gasteiger partial charge >= 0.3 is 6.18 Å². The van der Waals surface area contributed by atoms with Gasteiger partial charge in [0.05, 0.1) is 0 Å². The highest BCUT2D eigenvalue weighted by molar-refractivity contribution is 6.31. The second-order valence-corrected chi connectivity index (χ2v) is 3.47. The van der Waals surface area contributed by atoms with Crippen molar-refractivity contribution in [3.8, 4) is 0 Å². The Balaban J connectivity index is 2.80. The molecule has 15 heavy (non-hydrogen) atoms. The quantitative estimate of drug-likeness (QED) is 0.784. The first-order chi connectivity index (χ1) is 6.95. The molecule has 0 amide bonds. The minimum absolute atomic E-state index is 0.264. The Kier molecular flexibility index (Phi) is 3.99. The van der Waals surface area contributed by atoms with E-state index in [4.69, 9.17) is 11.6 Å². The van der Waals surface area contributed by atoms with Gasteiger partial charge in [-0.15, -0.1) is 0 Å². The summed E-state index contributed by atoms with van der Waals surface area (Å²) in [7, 11) is 1.04. The molecule has 0 aliphatic rings. The number of hydrogen-bond donors (Lipinski definition) is 0. The van der Waals surface area contributed by atoms with Gasteiger partial charge in [-0.3, -0.25) is 0 Å². The maximum Gasteiger partial charge on any atom is 0.414 e. The van der Waals surface area contributed by atoms with E-state index in [0.717, 1.165) is 7.11 Å². The number of ether oxygens (including phenoxy) is 1. The van der Waals surface area contributed by atoms with Gasteiger partial charge < -0.3 is 4.74 Å². The lowest BCUT2D eigenvalue weighted by Crippen LogP contribution is -2.32. The van der Waals surface area contributed by atoms with E-state index in [1.165, 1.54) is 0 Å². The Bertz CT molecular complexity index is 325. The normalized spacial score (nSPS) is 13.9. The molecular formula is C10H10ClF3O. The number of benzene rings is 1. The van der Waals surface area contributed by atoms with Crippen LogP contribution in [0.3, 0.4) is 0 Å². The molecule has 1 atom stereocenters. The van der Waals surface area contributed by atoms with E-state index in [0.29, 0.717) is 10.6 Å². The van der Waals surface area contributed by atoms with E-state index in [1.54, 1.807) is 24.3 Å². The van der Waals surface area contributed by atoms with Gasteiger partial charge in [-0.05, 0) is 11.6 Å². The Hall–Kier alpha value is -0.740. The van der Waals surface area contributed by atoms with Gasteiger partial charge in [0.25, 0.3) is 0 Å². The summed E-state index contributed by atoms with van der Waals surface area (Å²) in [4.78, 5) is 0. The number of rotatable bonds is 3. The van der Waals surface area contributed by atoms with Crippen LogP contribution in [-0.4, -0.2) is 19.4 Å². The van der Waals surface area contributed by atoms with Gasteiger partial charge in [0, 0.05) is 18.6 Å². The van der Waals surface area contributed by atoms with Gasteiger partial charge in [-0.25, -0.2) is 0 Å². The lowest BCUT2D eigenvalue weighted by molar-refractivity contribution is -0.212. The van der Waals surface area contributed by atoms with E-state index in [2.05, 4.69) is 4.74 Å². The predicted molar refractivity (Wildman–Crippen MR) is 52.0 cm³/mol. The first-order valence-corrected chi connectivity index (χ1v) is 4.66. The van der Waals surface area contributed by atoms with Crippen LogP contribution in [-0.2, 0) is 11.2 Å². The average molecular weight is 239 g/mol. The fourth-order valence-electron chi connectivity index (χ4n) is 1.20. The largest absolute Gasteiger partial charge is 0.414 e. The third kappa shape index (κ3) is 3.39. The highest BCUT2D eigenvalue weighted by Crippen LogP contribution is 2.27. The molecule has 0 saturated heterocycles. The molecule has 0 N–H and O–H groups in total. The standard InChI is InChI=1S/C10H10ClF3O/c1-15-9(10(12,13)14)6-7-4-2-3-5-8(7)11/h2-5,9H,6H2,1H3. The molecule has 1 aromatic rings. The first-order valence-electron chi connectivity index (χ1n) is 4.28. The van der Waals surface area contributed by atoms with Crippen LogP contribution in [0.25, 0.3) is 0 Å². The molecule has 1 aromatic carbocycles. The summed E-state index contributed by atoms with van der Waals surface area (Å²) in [6.07, 6.45) is -6.44. The minimum Gasteiger partial charge on any atom is -0.372 e. The fraction of sp³-hybridized carbons (Fsp3) is 0.400. The van der Waals surface area contributed by atoms with Crippen LogP contribution in [0.4, 0.5) is 13.2 Å². The lowest BCUT2D eigenvalue weighted by atomic mass is 10.1. The summed E-state index contributed by atoms with van der Waals surface area (Å²) in [5.41, 5.74) is 0.434. The summed E-state index contributed by atoms with van der Waals surface area (Å²) < 4.78 is 41.5. The zero-order valence-corrected chi connectivity index (χ0v) is 8.77. The second-order valence-electron chi connectivity index (χ2n) is 3.06. The van der Waals surface area contributed by atoms with Crippen molar-refractivity contribution in [3.63, 3.8) is 0 Å². The van der Waals surface area contributed by atoms with Crippen LogP contribution in [0.15, 0.2) is 24.3 Å². The first kappa shape index (κ1) is 12.3. The second kappa shape index (κ2) is 4.86. The monoisotopic (exact) mass is 238 g/mol. The van der Waals surface area contributed by atoms with Gasteiger partial charge in [0.1, 0.15) is 0 Å². The third-order valence-electron chi connectivity index (χ3n) is 2.01. The maximum absolute atomic E-state index is 12.4. The number of hydrogen-bond acceptors (Lipinski definition) is 1. The van der Waals surface area contributed by atoms with Crippen LogP contribution < -0.4 is 0 Å². The molecule has 0 spiro atoms. The molecule has 1 rings (SSSR count). The molecule has 0 aliphatic carbocycles. The van der Waals surface area contributed by atoms with Crippen LogP contribution in [0.1, 0.15) is 5.56 Å². The summed E-state index contributed by atoms with van der Waals surface area (Å²) in [6, 6.07) is 6.42. The van der Waals surface area contributed by atoms with Crippen molar-refractivity contribution >= 4 is 11.6 Å². The summed E-state index contributed by atoms with van der Waals surface area (Å²) in [6.45, 7) is 0. The van der Waals surface area contributed by atoms with Crippen LogP contribution in [0.2, 0.25) is 5.02 Å². The van der Waals surface area contributed by atoms with Gasteiger partial charge in [0.15, 0.2) is 6.10 Å². The molecule has 0 heterocycles. The van der Waals surface area contributed by atoms with Crippen molar-refractivity contribution in [1.29, 1.82) is 0 Å². The van der Waals surface area contributed by atoms with E-state index in [-0.39, 0.29) is 6.42 Å². The molecule has 0 bridgehead atoms. The summed E-state index contributed by atoms with van der Waals surface area (Å²) >= 11 is 5.75. The lowest BCUT2D eigenvalue weighted by Gasteiger charge is -2.19.